The van der Waals surface area contributed by atoms with Crippen molar-refractivity contribution in [2.45, 2.75) is 13.8 Å². The van der Waals surface area contributed by atoms with Crippen LogP contribution in [0.1, 0.15) is 17.0 Å². The van der Waals surface area contributed by atoms with Crippen molar-refractivity contribution in [2.75, 3.05) is 24.3 Å². The minimum atomic E-state index is -0.229. The number of benzene rings is 1. The summed E-state index contributed by atoms with van der Waals surface area (Å²) in [7, 11) is 3.75. The second-order valence-corrected chi connectivity index (χ2v) is 5.77. The van der Waals surface area contributed by atoms with E-state index in [-0.39, 0.29) is 5.91 Å². The molecule has 2 rings (SSSR count). The van der Waals surface area contributed by atoms with Crippen LogP contribution in [0.5, 0.6) is 0 Å². The number of halogens is 1. The van der Waals surface area contributed by atoms with E-state index < -0.39 is 0 Å². The minimum absolute atomic E-state index is 0.229. The lowest BCUT2D eigenvalue weighted by Gasteiger charge is -2.15. The normalized spacial score (nSPS) is 10.8. The Balaban J connectivity index is 2.12. The summed E-state index contributed by atoms with van der Waals surface area (Å²) in [6.45, 7) is 3.69. The van der Waals surface area contributed by atoms with E-state index in [1.165, 1.54) is 6.08 Å². The Labute approximate surface area is 141 Å². The van der Waals surface area contributed by atoms with Crippen molar-refractivity contribution >= 4 is 35.2 Å². The summed E-state index contributed by atoms with van der Waals surface area (Å²) < 4.78 is 0. The van der Waals surface area contributed by atoms with Crippen molar-refractivity contribution in [1.82, 2.24) is 9.97 Å². The summed E-state index contributed by atoms with van der Waals surface area (Å²) >= 11 is 5.83. The first-order valence-electron chi connectivity index (χ1n) is 7.14. The first-order chi connectivity index (χ1) is 10.9. The molecule has 0 aliphatic heterocycles. The zero-order valence-corrected chi connectivity index (χ0v) is 14.3. The van der Waals surface area contributed by atoms with Crippen LogP contribution in [0.4, 0.5) is 11.6 Å². The molecule has 1 aromatic heterocycles. The lowest BCUT2D eigenvalue weighted by molar-refractivity contribution is -0.111. The second kappa shape index (κ2) is 7.24. The van der Waals surface area contributed by atoms with Gasteiger partial charge in [0, 0.05) is 25.2 Å². The summed E-state index contributed by atoms with van der Waals surface area (Å²) in [5, 5.41) is 3.49. The summed E-state index contributed by atoms with van der Waals surface area (Å²) in [6, 6.07) is 7.25. The predicted octanol–water partition coefficient (Wildman–Crippen LogP) is 3.46. The monoisotopic (exact) mass is 330 g/mol. The average Bonchev–Trinajstić information content (AvgIpc) is 2.50. The molecule has 1 N–H and O–H groups in total. The molecule has 0 radical (unpaired) electrons. The van der Waals surface area contributed by atoms with Gasteiger partial charge >= 0.3 is 0 Å². The van der Waals surface area contributed by atoms with Gasteiger partial charge in [-0.15, -0.1) is 0 Å². The number of nitrogens with one attached hydrogen (secondary N) is 1. The standard InChI is InChI=1S/C17H19ClN4O/c1-11-16(12(2)20-17(19-11)22(3)4)21-15(23)10-7-13-5-8-14(18)9-6-13/h5-10H,1-4H3,(H,21,23)/b10-7+. The van der Waals surface area contributed by atoms with Crippen molar-refractivity contribution < 1.29 is 4.79 Å². The van der Waals surface area contributed by atoms with E-state index in [4.69, 9.17) is 11.6 Å². The van der Waals surface area contributed by atoms with Gasteiger partial charge < -0.3 is 10.2 Å². The summed E-state index contributed by atoms with van der Waals surface area (Å²) in [4.78, 5) is 22.7. The Morgan fingerprint density at radius 3 is 2.22 bits per heavy atom. The van der Waals surface area contributed by atoms with Crippen molar-refractivity contribution in [2.24, 2.45) is 0 Å². The van der Waals surface area contributed by atoms with Crippen LogP contribution in [-0.2, 0) is 4.79 Å². The minimum Gasteiger partial charge on any atom is -0.347 e. The molecule has 0 aliphatic rings. The highest BCUT2D eigenvalue weighted by Gasteiger charge is 2.11. The van der Waals surface area contributed by atoms with Crippen molar-refractivity contribution in [3.8, 4) is 0 Å². The lowest BCUT2D eigenvalue weighted by atomic mass is 10.2. The summed E-state index contributed by atoms with van der Waals surface area (Å²) in [5.41, 5.74) is 3.00. The highest BCUT2D eigenvalue weighted by molar-refractivity contribution is 6.30. The number of nitrogens with zero attached hydrogens (tertiary/aromatic N) is 3. The molecular formula is C17H19ClN4O. The van der Waals surface area contributed by atoms with Gasteiger partial charge in [0.05, 0.1) is 17.1 Å². The van der Waals surface area contributed by atoms with Crippen LogP contribution in [0.2, 0.25) is 5.02 Å². The van der Waals surface area contributed by atoms with Gasteiger partial charge in [0.2, 0.25) is 11.9 Å². The Hall–Kier alpha value is -2.40. The van der Waals surface area contributed by atoms with Gasteiger partial charge in [-0.2, -0.15) is 0 Å². The fraction of sp³-hybridized carbons (Fsp3) is 0.235. The topological polar surface area (TPSA) is 58.1 Å². The maximum atomic E-state index is 12.1. The molecule has 2 aromatic rings. The van der Waals surface area contributed by atoms with E-state index >= 15 is 0 Å². The zero-order chi connectivity index (χ0) is 17.0. The predicted molar refractivity (Wildman–Crippen MR) is 94.9 cm³/mol. The number of hydrogen-bond donors (Lipinski definition) is 1. The molecule has 120 valence electrons. The molecule has 0 saturated heterocycles. The first kappa shape index (κ1) is 17.0. The van der Waals surface area contributed by atoms with Crippen LogP contribution < -0.4 is 10.2 Å². The van der Waals surface area contributed by atoms with Crippen molar-refractivity contribution in [3.05, 3.63) is 52.3 Å². The van der Waals surface area contributed by atoms with E-state index in [2.05, 4.69) is 15.3 Å². The van der Waals surface area contributed by atoms with E-state index in [9.17, 15) is 4.79 Å². The molecule has 6 heteroatoms. The number of rotatable bonds is 4. The molecule has 23 heavy (non-hydrogen) atoms. The van der Waals surface area contributed by atoms with Crippen LogP contribution >= 0.6 is 11.6 Å². The molecule has 0 aliphatic carbocycles. The van der Waals surface area contributed by atoms with Crippen LogP contribution in [0.25, 0.3) is 6.08 Å². The number of aromatic nitrogens is 2. The lowest BCUT2D eigenvalue weighted by Crippen LogP contribution is -2.17. The van der Waals surface area contributed by atoms with Crippen molar-refractivity contribution in [3.63, 3.8) is 0 Å². The molecule has 1 heterocycles. The third-order valence-corrected chi connectivity index (χ3v) is 3.46. The Morgan fingerprint density at radius 1 is 1.13 bits per heavy atom. The molecule has 1 aromatic carbocycles. The molecule has 0 bridgehead atoms. The molecule has 5 nitrogen and oxygen atoms in total. The fourth-order valence-electron chi connectivity index (χ4n) is 1.99. The Morgan fingerprint density at radius 2 is 1.70 bits per heavy atom. The molecule has 1 amide bonds. The molecule has 0 unspecified atom stereocenters. The molecular weight excluding hydrogens is 312 g/mol. The maximum Gasteiger partial charge on any atom is 0.248 e. The quantitative estimate of drug-likeness (QED) is 0.872. The van der Waals surface area contributed by atoms with Crippen LogP contribution in [0.15, 0.2) is 30.3 Å². The molecule has 0 fully saturated rings. The summed E-state index contributed by atoms with van der Waals surface area (Å²) in [5.74, 6) is 0.391. The van der Waals surface area contributed by atoms with Gasteiger partial charge in [0.1, 0.15) is 0 Å². The van der Waals surface area contributed by atoms with E-state index in [1.54, 1.807) is 18.2 Å². The van der Waals surface area contributed by atoms with Gasteiger partial charge in [-0.3, -0.25) is 4.79 Å². The van der Waals surface area contributed by atoms with E-state index in [1.807, 2.05) is 45.0 Å². The van der Waals surface area contributed by atoms with Gasteiger partial charge in [-0.25, -0.2) is 9.97 Å². The SMILES string of the molecule is Cc1nc(N(C)C)nc(C)c1NC(=O)/C=C/c1ccc(Cl)cc1. The third kappa shape index (κ3) is 4.53. The smallest absolute Gasteiger partial charge is 0.248 e. The van der Waals surface area contributed by atoms with Gasteiger partial charge in [-0.05, 0) is 37.6 Å². The number of anilines is 2. The maximum absolute atomic E-state index is 12.1. The zero-order valence-electron chi connectivity index (χ0n) is 13.6. The number of amides is 1. The van der Waals surface area contributed by atoms with Crippen LogP contribution in [0, 0.1) is 13.8 Å². The summed E-state index contributed by atoms with van der Waals surface area (Å²) in [6.07, 6.45) is 3.20. The second-order valence-electron chi connectivity index (χ2n) is 5.34. The third-order valence-electron chi connectivity index (χ3n) is 3.20. The molecule has 0 saturated carbocycles. The number of aryl methyl sites for hydroxylation is 2. The number of carbonyl (C=O) groups is 1. The van der Waals surface area contributed by atoms with Gasteiger partial charge in [-0.1, -0.05) is 23.7 Å². The van der Waals surface area contributed by atoms with Gasteiger partial charge in [0.25, 0.3) is 0 Å². The van der Waals surface area contributed by atoms with Crippen LogP contribution in [-0.4, -0.2) is 30.0 Å². The highest BCUT2D eigenvalue weighted by Crippen LogP contribution is 2.19. The Kier molecular flexibility index (Phi) is 5.34. The molecule has 0 spiro atoms. The first-order valence-corrected chi connectivity index (χ1v) is 7.52. The van der Waals surface area contributed by atoms with E-state index in [0.29, 0.717) is 16.7 Å². The number of hydrogen-bond acceptors (Lipinski definition) is 4. The highest BCUT2D eigenvalue weighted by atomic mass is 35.5. The Bertz CT molecular complexity index is 716. The number of carbonyl (C=O) groups excluding carboxylic acids is 1. The molecule has 0 atom stereocenters. The average molecular weight is 331 g/mol. The van der Waals surface area contributed by atoms with Crippen LogP contribution in [0.3, 0.4) is 0 Å². The van der Waals surface area contributed by atoms with Gasteiger partial charge in [0.15, 0.2) is 0 Å². The largest absolute Gasteiger partial charge is 0.347 e. The van der Waals surface area contributed by atoms with E-state index in [0.717, 1.165) is 17.0 Å². The van der Waals surface area contributed by atoms with Crippen molar-refractivity contribution in [1.29, 1.82) is 0 Å². The fourth-order valence-corrected chi connectivity index (χ4v) is 2.12.